The summed E-state index contributed by atoms with van der Waals surface area (Å²) in [6.45, 7) is 3.30. The Kier molecular flexibility index (Phi) is 10.6. The normalized spacial score (nSPS) is 31.4. The number of urea groups is 1. The molecule has 0 saturated carbocycles. The lowest BCUT2D eigenvalue weighted by molar-refractivity contribution is -0.233. The molecule has 2 amide bonds. The highest BCUT2D eigenvalue weighted by Crippen LogP contribution is 2.49. The van der Waals surface area contributed by atoms with Gasteiger partial charge in [0.15, 0.2) is 16.1 Å². The van der Waals surface area contributed by atoms with Crippen LogP contribution >= 0.6 is 0 Å². The van der Waals surface area contributed by atoms with Crippen LogP contribution < -0.4 is 15.5 Å². The molecule has 44 heavy (non-hydrogen) atoms. The molecule has 0 radical (unpaired) electrons. The van der Waals surface area contributed by atoms with Crippen LogP contribution in [-0.2, 0) is 14.6 Å². The summed E-state index contributed by atoms with van der Waals surface area (Å²) < 4.78 is 33.1. The summed E-state index contributed by atoms with van der Waals surface area (Å²) in [6, 6.07) is 11.2. The van der Waals surface area contributed by atoms with E-state index in [-0.39, 0.29) is 10.6 Å². The van der Waals surface area contributed by atoms with E-state index in [1.807, 2.05) is 32.8 Å². The summed E-state index contributed by atoms with van der Waals surface area (Å²) in [5.74, 6) is -0.906. The largest absolute Gasteiger partial charge is 0.394 e. The molecule has 0 spiro atoms. The van der Waals surface area contributed by atoms with Crippen molar-refractivity contribution in [1.82, 2.24) is 5.32 Å². The molecule has 12 nitrogen and oxygen atoms in total. The van der Waals surface area contributed by atoms with Crippen LogP contribution in [-0.4, -0.2) is 103 Å². The Hall–Kier alpha value is -2.78. The van der Waals surface area contributed by atoms with Gasteiger partial charge < -0.3 is 45.8 Å². The van der Waals surface area contributed by atoms with Crippen LogP contribution in [0.3, 0.4) is 0 Å². The third-order valence-electron chi connectivity index (χ3n) is 9.00. The number of carbonyl (C=O) groups excluding carboxylic acids is 1. The average molecular weight is 636 g/mol. The van der Waals surface area contributed by atoms with Gasteiger partial charge >= 0.3 is 6.03 Å². The van der Waals surface area contributed by atoms with Gasteiger partial charge in [0.25, 0.3) is 0 Å². The van der Waals surface area contributed by atoms with Gasteiger partial charge in [0.05, 0.1) is 23.4 Å². The van der Waals surface area contributed by atoms with Crippen LogP contribution in [0, 0.1) is 5.41 Å². The van der Waals surface area contributed by atoms with Gasteiger partial charge in [-0.15, -0.1) is 0 Å². The summed E-state index contributed by atoms with van der Waals surface area (Å²) >= 11 is 0. The SMILES string of the molecule is CCCC[C@]1(CC)CS(=O)(=O)c2ccc(N(C)C)cc2[C@@H](c2cccc(NC(=O)NC3O[C@H](CO)[C@@H](O)[C@H](O)[C@H]3O)c2)[C@H]1O. The van der Waals surface area contributed by atoms with E-state index in [0.717, 1.165) is 18.5 Å². The van der Waals surface area contributed by atoms with E-state index >= 15 is 0 Å². The van der Waals surface area contributed by atoms with Crippen molar-refractivity contribution in [3.8, 4) is 0 Å². The van der Waals surface area contributed by atoms with Crippen molar-refractivity contribution in [3.05, 3.63) is 53.6 Å². The smallest absolute Gasteiger partial charge is 0.321 e. The van der Waals surface area contributed by atoms with E-state index in [9.17, 15) is 38.7 Å². The van der Waals surface area contributed by atoms with Gasteiger partial charge in [-0.3, -0.25) is 0 Å². The lowest BCUT2D eigenvalue weighted by Gasteiger charge is -2.40. The first-order chi connectivity index (χ1) is 20.8. The van der Waals surface area contributed by atoms with E-state index in [1.54, 1.807) is 42.5 Å². The van der Waals surface area contributed by atoms with Gasteiger partial charge in [0, 0.05) is 36.8 Å². The van der Waals surface area contributed by atoms with Crippen LogP contribution in [0.4, 0.5) is 16.2 Å². The summed E-state index contributed by atoms with van der Waals surface area (Å²) in [4.78, 5) is 15.0. The van der Waals surface area contributed by atoms with E-state index in [0.29, 0.717) is 29.7 Å². The molecule has 1 unspecified atom stereocenters. The van der Waals surface area contributed by atoms with Gasteiger partial charge in [-0.25, -0.2) is 13.2 Å². The second kappa shape index (κ2) is 13.7. The fraction of sp³-hybridized carbons (Fsp3) is 0.581. The molecule has 244 valence electrons. The van der Waals surface area contributed by atoms with Crippen LogP contribution in [0.5, 0.6) is 0 Å². The fourth-order valence-corrected chi connectivity index (χ4v) is 8.58. The predicted octanol–water partition coefficient (Wildman–Crippen LogP) is 1.54. The topological polar surface area (TPSA) is 189 Å². The minimum atomic E-state index is -3.76. The van der Waals surface area contributed by atoms with Crippen LogP contribution in [0.1, 0.15) is 56.6 Å². The number of ether oxygens (including phenoxy) is 1. The molecular weight excluding hydrogens is 590 g/mol. The summed E-state index contributed by atoms with van der Waals surface area (Å²) in [5, 5.41) is 57.0. The Morgan fingerprint density at radius 3 is 2.41 bits per heavy atom. The van der Waals surface area contributed by atoms with E-state index in [4.69, 9.17) is 4.74 Å². The van der Waals surface area contributed by atoms with Crippen molar-refractivity contribution in [2.24, 2.45) is 5.41 Å². The Morgan fingerprint density at radius 2 is 1.77 bits per heavy atom. The molecular formula is C31H45N3O9S. The zero-order valence-corrected chi connectivity index (χ0v) is 26.4. The average Bonchev–Trinajstić information content (AvgIpc) is 3.06. The Balaban J connectivity index is 1.72. The van der Waals surface area contributed by atoms with Gasteiger partial charge in [0.2, 0.25) is 0 Å². The maximum absolute atomic E-state index is 13.9. The van der Waals surface area contributed by atoms with Crippen LogP contribution in [0.15, 0.2) is 47.4 Å². The van der Waals surface area contributed by atoms with Gasteiger partial charge in [0.1, 0.15) is 24.4 Å². The van der Waals surface area contributed by atoms with E-state index in [1.165, 1.54) is 0 Å². The molecule has 8 atom stereocenters. The molecule has 0 aromatic heterocycles. The quantitative estimate of drug-likeness (QED) is 0.213. The Morgan fingerprint density at radius 1 is 1.05 bits per heavy atom. The highest BCUT2D eigenvalue weighted by molar-refractivity contribution is 7.91. The number of carbonyl (C=O) groups is 1. The zero-order chi connectivity index (χ0) is 32.4. The van der Waals surface area contributed by atoms with Crippen LogP contribution in [0.2, 0.25) is 0 Å². The number of rotatable bonds is 9. The summed E-state index contributed by atoms with van der Waals surface area (Å²) in [6.07, 6.45) is -5.93. The second-order valence-corrected chi connectivity index (χ2v) is 14.0. The molecule has 0 aliphatic carbocycles. The van der Waals surface area contributed by atoms with Crippen molar-refractivity contribution in [3.63, 3.8) is 0 Å². The maximum Gasteiger partial charge on any atom is 0.321 e. The van der Waals surface area contributed by atoms with Crippen molar-refractivity contribution < 1.29 is 43.5 Å². The number of aliphatic hydroxyl groups excluding tert-OH is 5. The highest BCUT2D eigenvalue weighted by atomic mass is 32.2. The monoisotopic (exact) mass is 635 g/mol. The first-order valence-corrected chi connectivity index (χ1v) is 16.6. The first-order valence-electron chi connectivity index (χ1n) is 15.0. The number of benzene rings is 2. The number of anilines is 2. The van der Waals surface area contributed by atoms with Crippen molar-refractivity contribution >= 4 is 27.2 Å². The molecule has 4 rings (SSSR count). The molecule has 2 aliphatic heterocycles. The molecule has 2 aromatic rings. The molecule has 2 heterocycles. The number of unbranched alkanes of at least 4 members (excludes halogenated alkanes) is 1. The Bertz CT molecular complexity index is 1420. The standard InChI is InChI=1S/C31H45N3O9S/c1-5-7-13-31(6-2)17-44(41,42)23-12-11-20(34(3)4)15-21(23)24(28(31)39)18-9-8-10-19(14-18)32-30(40)33-29-27(38)26(37)25(36)22(16-35)43-29/h8-12,14-15,22,24-29,35-39H,5-7,13,16-17H2,1-4H3,(H2,32,33,40)/t22-,24-,25-,26+,27-,28-,29?,31-/m1/s1. The second-order valence-electron chi connectivity index (χ2n) is 12.1. The number of hydrogen-bond donors (Lipinski definition) is 7. The van der Waals surface area contributed by atoms with E-state index < -0.39 is 70.6 Å². The number of hydrogen-bond acceptors (Lipinski definition) is 10. The van der Waals surface area contributed by atoms with E-state index in [2.05, 4.69) is 10.6 Å². The molecule has 1 fully saturated rings. The number of sulfone groups is 1. The van der Waals surface area contributed by atoms with Crippen molar-refractivity contribution in [2.75, 3.05) is 36.7 Å². The van der Waals surface area contributed by atoms with Gasteiger partial charge in [-0.2, -0.15) is 0 Å². The number of amides is 2. The predicted molar refractivity (Wildman–Crippen MR) is 165 cm³/mol. The minimum Gasteiger partial charge on any atom is -0.394 e. The first kappa shape index (κ1) is 34.1. The third kappa shape index (κ3) is 6.74. The fourth-order valence-electron chi connectivity index (χ4n) is 6.33. The third-order valence-corrected chi connectivity index (χ3v) is 11.0. The van der Waals surface area contributed by atoms with Gasteiger partial charge in [-0.05, 0) is 54.3 Å². The summed E-state index contributed by atoms with van der Waals surface area (Å²) in [5.41, 5.74) is 1.29. The number of nitrogens with zero attached hydrogens (tertiary/aromatic N) is 1. The summed E-state index contributed by atoms with van der Waals surface area (Å²) in [7, 11) is -0.0514. The molecule has 2 aromatic carbocycles. The lowest BCUT2D eigenvalue weighted by Crippen LogP contribution is -2.63. The maximum atomic E-state index is 13.9. The molecule has 1 saturated heterocycles. The number of nitrogens with one attached hydrogen (secondary N) is 2. The molecule has 13 heteroatoms. The zero-order valence-electron chi connectivity index (χ0n) is 25.6. The lowest BCUT2D eigenvalue weighted by atomic mass is 9.69. The van der Waals surface area contributed by atoms with Crippen LogP contribution in [0.25, 0.3) is 0 Å². The highest BCUT2D eigenvalue weighted by Gasteiger charge is 2.49. The Labute approximate surface area is 258 Å². The van der Waals surface area contributed by atoms with Gasteiger partial charge in [-0.1, -0.05) is 38.8 Å². The minimum absolute atomic E-state index is 0.178. The molecule has 0 bridgehead atoms. The van der Waals surface area contributed by atoms with Crippen molar-refractivity contribution in [1.29, 1.82) is 0 Å². The van der Waals surface area contributed by atoms with Crippen molar-refractivity contribution in [2.45, 2.75) is 87.1 Å². The molecule has 7 N–H and O–H groups in total. The number of aliphatic hydroxyl groups is 5. The molecule has 2 aliphatic rings. The number of fused-ring (bicyclic) bond motifs is 1.